The highest BCUT2D eigenvalue weighted by Crippen LogP contribution is 2.33. The molecule has 272 valence electrons. The van der Waals surface area contributed by atoms with Gasteiger partial charge in [0.15, 0.2) is 0 Å². The fourth-order valence-electron chi connectivity index (χ4n) is 6.61. The predicted octanol–water partition coefficient (Wildman–Crippen LogP) is 11.0. The maximum absolute atomic E-state index is 12.3. The van der Waals surface area contributed by atoms with Crippen LogP contribution in [-0.2, 0) is 0 Å². The van der Waals surface area contributed by atoms with Crippen molar-refractivity contribution in [1.29, 1.82) is 0 Å². The summed E-state index contributed by atoms with van der Waals surface area (Å²) >= 11 is 0. The second-order valence-corrected chi connectivity index (χ2v) is 14.2. The standard InChI is InChI=1S/C24H22N2.C18H18O2.C6H8N2/c1-15-9-16(2)12-19(11-15)23-24(20-13-17(3)10-18(4)14-20)26-22-8-6-5-7-21(22)25-23;1-11-5-12(2)8-15(7-11)17(19)18(20)16-9-13(3)6-14(4)10-16;7-5-3-1-2-4-6(5)8/h5-14H,1-4H3;5-10H,1-4H3;1-4H,7-8H2. The Hall–Kier alpha value is -6.40. The van der Waals surface area contributed by atoms with Gasteiger partial charge < -0.3 is 11.5 Å². The largest absolute Gasteiger partial charge is 0.397 e. The number of para-hydroxylation sites is 4. The van der Waals surface area contributed by atoms with Crippen LogP contribution < -0.4 is 11.5 Å². The molecule has 0 spiro atoms. The molecule has 0 saturated heterocycles. The second-order valence-electron chi connectivity index (χ2n) is 14.2. The number of nitrogens with two attached hydrogens (primary N) is 2. The highest BCUT2D eigenvalue weighted by molar-refractivity contribution is 6.49. The quantitative estimate of drug-likeness (QED) is 0.104. The van der Waals surface area contributed by atoms with Crippen LogP contribution in [0.3, 0.4) is 0 Å². The van der Waals surface area contributed by atoms with E-state index in [-0.39, 0.29) is 0 Å². The van der Waals surface area contributed by atoms with Crippen molar-refractivity contribution in [1.82, 2.24) is 9.97 Å². The molecule has 54 heavy (non-hydrogen) atoms. The summed E-state index contributed by atoms with van der Waals surface area (Å²) in [5, 5.41) is 0. The summed E-state index contributed by atoms with van der Waals surface area (Å²) in [6, 6.07) is 39.5. The van der Waals surface area contributed by atoms with Crippen LogP contribution in [0.2, 0.25) is 0 Å². The number of hydrogen-bond acceptors (Lipinski definition) is 6. The molecule has 0 unspecified atom stereocenters. The Morgan fingerprint density at radius 2 is 0.648 bits per heavy atom. The summed E-state index contributed by atoms with van der Waals surface area (Å²) in [6.07, 6.45) is 0. The molecule has 0 aliphatic carbocycles. The van der Waals surface area contributed by atoms with E-state index in [9.17, 15) is 9.59 Å². The van der Waals surface area contributed by atoms with Gasteiger partial charge in [0.1, 0.15) is 0 Å². The average Bonchev–Trinajstić information content (AvgIpc) is 3.10. The first kappa shape index (κ1) is 38.8. The molecular weight excluding hydrogens is 665 g/mol. The molecule has 6 heteroatoms. The van der Waals surface area contributed by atoms with E-state index in [1.165, 1.54) is 22.3 Å². The maximum Gasteiger partial charge on any atom is 0.233 e. The molecule has 0 bridgehead atoms. The lowest BCUT2D eigenvalue weighted by Gasteiger charge is -2.13. The number of fused-ring (bicyclic) bond motifs is 1. The van der Waals surface area contributed by atoms with Gasteiger partial charge in [-0.1, -0.05) is 93.0 Å². The van der Waals surface area contributed by atoms with Crippen LogP contribution in [0.5, 0.6) is 0 Å². The minimum atomic E-state index is -0.443. The van der Waals surface area contributed by atoms with E-state index in [1.54, 1.807) is 36.4 Å². The van der Waals surface area contributed by atoms with Crippen molar-refractivity contribution in [3.63, 3.8) is 0 Å². The summed E-state index contributed by atoms with van der Waals surface area (Å²) in [7, 11) is 0. The number of aryl methyl sites for hydroxylation is 8. The molecule has 0 radical (unpaired) electrons. The highest BCUT2D eigenvalue weighted by atomic mass is 16.2. The fraction of sp³-hybridized carbons (Fsp3) is 0.167. The Balaban J connectivity index is 0.000000177. The van der Waals surface area contributed by atoms with E-state index in [1.807, 2.05) is 76.2 Å². The van der Waals surface area contributed by atoms with Gasteiger partial charge in [-0.15, -0.1) is 0 Å². The van der Waals surface area contributed by atoms with Gasteiger partial charge in [0, 0.05) is 22.3 Å². The summed E-state index contributed by atoms with van der Waals surface area (Å²) in [5.74, 6) is -0.886. The van der Waals surface area contributed by atoms with E-state index >= 15 is 0 Å². The van der Waals surface area contributed by atoms with Crippen molar-refractivity contribution < 1.29 is 9.59 Å². The fourth-order valence-corrected chi connectivity index (χ4v) is 6.61. The number of nitrogen functional groups attached to an aromatic ring is 2. The lowest BCUT2D eigenvalue weighted by Crippen LogP contribution is -2.15. The van der Waals surface area contributed by atoms with Gasteiger partial charge in [-0.3, -0.25) is 9.59 Å². The van der Waals surface area contributed by atoms with Crippen molar-refractivity contribution in [2.24, 2.45) is 0 Å². The summed E-state index contributed by atoms with van der Waals surface area (Å²) in [6.45, 7) is 16.2. The Kier molecular flexibility index (Phi) is 12.2. The highest BCUT2D eigenvalue weighted by Gasteiger charge is 2.19. The van der Waals surface area contributed by atoms with E-state index in [0.717, 1.165) is 55.8 Å². The normalized spacial score (nSPS) is 10.5. The molecule has 0 atom stereocenters. The number of carbonyl (C=O) groups is 2. The Labute approximate surface area is 319 Å². The van der Waals surface area contributed by atoms with Gasteiger partial charge in [0.2, 0.25) is 11.6 Å². The van der Waals surface area contributed by atoms with Gasteiger partial charge in [-0.2, -0.15) is 0 Å². The molecule has 6 nitrogen and oxygen atoms in total. The van der Waals surface area contributed by atoms with Crippen molar-refractivity contribution in [2.45, 2.75) is 55.4 Å². The molecule has 0 aliphatic heterocycles. The van der Waals surface area contributed by atoms with Gasteiger partial charge in [0.25, 0.3) is 0 Å². The number of Topliss-reactive ketones (excluding diaryl/α,β-unsaturated/α-hetero) is 2. The topological polar surface area (TPSA) is 112 Å². The van der Waals surface area contributed by atoms with E-state index in [0.29, 0.717) is 22.5 Å². The minimum Gasteiger partial charge on any atom is -0.397 e. The molecule has 6 aromatic carbocycles. The van der Waals surface area contributed by atoms with Crippen LogP contribution in [0.1, 0.15) is 65.2 Å². The number of ketones is 2. The summed E-state index contributed by atoms with van der Waals surface area (Å²) in [4.78, 5) is 34.6. The minimum absolute atomic E-state index is 0.443. The number of anilines is 2. The van der Waals surface area contributed by atoms with Crippen LogP contribution >= 0.6 is 0 Å². The Bertz CT molecular complexity index is 2250. The molecule has 0 aliphatic rings. The number of benzene rings is 6. The zero-order valence-electron chi connectivity index (χ0n) is 32.4. The summed E-state index contributed by atoms with van der Waals surface area (Å²) < 4.78 is 0. The first-order chi connectivity index (χ1) is 25.7. The van der Waals surface area contributed by atoms with Crippen LogP contribution in [0.25, 0.3) is 33.5 Å². The van der Waals surface area contributed by atoms with Crippen molar-refractivity contribution in [2.75, 3.05) is 11.5 Å². The SMILES string of the molecule is Cc1cc(C)cc(-c2nc3ccccc3nc2-c2cc(C)cc(C)c2)c1.Cc1cc(C)cc(C(=O)C(=O)c2cc(C)cc(C)c2)c1.Nc1ccccc1N. The molecule has 7 aromatic rings. The van der Waals surface area contributed by atoms with Crippen LogP contribution in [0.15, 0.2) is 121 Å². The average molecular weight is 713 g/mol. The third-order valence-electron chi connectivity index (χ3n) is 8.73. The lowest BCUT2D eigenvalue weighted by atomic mass is 9.96. The maximum atomic E-state index is 12.3. The van der Waals surface area contributed by atoms with Gasteiger partial charge in [-0.25, -0.2) is 9.97 Å². The number of carbonyl (C=O) groups excluding carboxylic acids is 2. The molecule has 7 rings (SSSR count). The molecule has 4 N–H and O–H groups in total. The lowest BCUT2D eigenvalue weighted by molar-refractivity contribution is 0.0817. The van der Waals surface area contributed by atoms with E-state index in [4.69, 9.17) is 21.4 Å². The third-order valence-corrected chi connectivity index (χ3v) is 8.73. The monoisotopic (exact) mass is 712 g/mol. The Morgan fingerprint density at radius 3 is 0.926 bits per heavy atom. The van der Waals surface area contributed by atoms with Gasteiger partial charge in [0.05, 0.1) is 33.8 Å². The zero-order valence-corrected chi connectivity index (χ0v) is 32.4. The first-order valence-electron chi connectivity index (χ1n) is 18.0. The van der Waals surface area contributed by atoms with Crippen LogP contribution in [0, 0.1) is 55.4 Å². The van der Waals surface area contributed by atoms with E-state index < -0.39 is 11.6 Å². The van der Waals surface area contributed by atoms with Gasteiger partial charge in [-0.05, 0) is 128 Å². The smallest absolute Gasteiger partial charge is 0.233 e. The number of nitrogens with zero attached hydrogens (tertiary/aromatic N) is 2. The number of aromatic nitrogens is 2. The number of rotatable bonds is 5. The molecule has 0 saturated carbocycles. The zero-order chi connectivity index (χ0) is 39.1. The molecule has 1 aromatic heterocycles. The van der Waals surface area contributed by atoms with Crippen molar-refractivity contribution in [3.05, 3.63) is 177 Å². The van der Waals surface area contributed by atoms with Crippen molar-refractivity contribution >= 4 is 34.0 Å². The van der Waals surface area contributed by atoms with Crippen LogP contribution in [0.4, 0.5) is 11.4 Å². The summed E-state index contributed by atoms with van der Waals surface area (Å²) in [5.41, 5.74) is 27.9. The first-order valence-corrected chi connectivity index (χ1v) is 18.0. The molecule has 0 fully saturated rings. The second kappa shape index (κ2) is 17.0. The van der Waals surface area contributed by atoms with Crippen molar-refractivity contribution in [3.8, 4) is 22.5 Å². The molecule has 0 amide bonds. The predicted molar refractivity (Wildman–Crippen MR) is 225 cm³/mol. The van der Waals surface area contributed by atoms with Crippen LogP contribution in [-0.4, -0.2) is 21.5 Å². The third kappa shape index (κ3) is 9.92. The molecular formula is C48H48N4O2. The number of hydrogen-bond donors (Lipinski definition) is 2. The molecule has 1 heterocycles. The Morgan fingerprint density at radius 1 is 0.389 bits per heavy atom. The van der Waals surface area contributed by atoms with E-state index in [2.05, 4.69) is 64.1 Å². The van der Waals surface area contributed by atoms with Gasteiger partial charge >= 0.3 is 0 Å².